The van der Waals surface area contributed by atoms with Crippen LogP contribution in [-0.2, 0) is 19.6 Å². The lowest BCUT2D eigenvalue weighted by atomic mass is 10.2. The Kier molecular flexibility index (Phi) is 4.26. The summed E-state index contributed by atoms with van der Waals surface area (Å²) in [7, 11) is -3.74. The first-order valence-corrected chi connectivity index (χ1v) is 5.47. The van der Waals surface area contributed by atoms with Gasteiger partial charge in [-0.25, -0.2) is 18.2 Å². The van der Waals surface area contributed by atoms with Gasteiger partial charge in [0.15, 0.2) is 5.94 Å². The van der Waals surface area contributed by atoms with Gasteiger partial charge in [-0.15, -0.1) is 0 Å². The lowest BCUT2D eigenvalue weighted by molar-refractivity contribution is -0.336. The molecule has 0 aromatic heterocycles. The third kappa shape index (κ3) is 4.97. The number of nitriles is 1. The first-order valence-electron chi connectivity index (χ1n) is 3.81. The summed E-state index contributed by atoms with van der Waals surface area (Å²) in [4.78, 5) is 8.68. The maximum absolute atomic E-state index is 11.1. The van der Waals surface area contributed by atoms with Gasteiger partial charge in [0, 0.05) is 0 Å². The highest BCUT2D eigenvalue weighted by atomic mass is 32.2. The quantitative estimate of drug-likeness (QED) is 0.402. The summed E-state index contributed by atoms with van der Waals surface area (Å²) in [5, 5.41) is 8.30. The second-order valence-corrected chi connectivity index (χ2v) is 5.54. The Balaban J connectivity index is 4.18. The van der Waals surface area contributed by atoms with Gasteiger partial charge in [0.05, 0.1) is 5.60 Å². The van der Waals surface area contributed by atoms with E-state index in [2.05, 4.69) is 11.5 Å². The monoisotopic (exact) mass is 219 g/mol. The molecule has 0 saturated heterocycles. The second-order valence-electron chi connectivity index (χ2n) is 3.58. The maximum Gasteiger partial charge on any atom is 0.215 e. The zero-order valence-corrected chi connectivity index (χ0v) is 9.22. The molecule has 14 heavy (non-hydrogen) atoms. The summed E-state index contributed by atoms with van der Waals surface area (Å²) < 4.78 is 22.2. The molecule has 80 valence electrons. The van der Waals surface area contributed by atoms with Crippen LogP contribution in [-0.4, -0.2) is 20.0 Å². The van der Waals surface area contributed by atoms with Gasteiger partial charge in [-0.3, -0.25) is 0 Å². The minimum atomic E-state index is -3.74. The van der Waals surface area contributed by atoms with Crippen molar-refractivity contribution >= 4 is 9.84 Å². The van der Waals surface area contributed by atoms with E-state index < -0.39 is 26.3 Å². The van der Waals surface area contributed by atoms with E-state index in [9.17, 15) is 8.42 Å². The molecule has 5 nitrogen and oxygen atoms in total. The molecule has 0 rings (SSSR count). The molecule has 0 N–H and O–H groups in total. The van der Waals surface area contributed by atoms with E-state index in [1.807, 2.05) is 0 Å². The van der Waals surface area contributed by atoms with Crippen molar-refractivity contribution in [2.75, 3.05) is 5.94 Å². The second kappa shape index (κ2) is 4.55. The SMILES string of the molecule is C=C(C#N)S(=O)(=O)COOC(C)(C)C. The van der Waals surface area contributed by atoms with Crippen molar-refractivity contribution in [1.29, 1.82) is 5.26 Å². The largest absolute Gasteiger partial charge is 0.230 e. The van der Waals surface area contributed by atoms with Gasteiger partial charge in [-0.05, 0) is 20.8 Å². The molecule has 0 aliphatic carbocycles. The van der Waals surface area contributed by atoms with E-state index in [4.69, 9.17) is 10.1 Å². The predicted octanol–water partition coefficient (Wildman–Crippen LogP) is 1.14. The molecule has 0 aromatic carbocycles. The molecule has 0 spiro atoms. The molecule has 6 heteroatoms. The lowest BCUT2D eigenvalue weighted by Gasteiger charge is -2.17. The van der Waals surface area contributed by atoms with Crippen LogP contribution in [0.2, 0.25) is 0 Å². The normalized spacial score (nSPS) is 12.1. The Morgan fingerprint density at radius 2 is 2.00 bits per heavy atom. The standard InChI is InChI=1S/C8H13NO4S/c1-7(5-9)14(10,11)6-12-13-8(2,3)4/h1,6H2,2-4H3. The van der Waals surface area contributed by atoms with E-state index in [0.717, 1.165) is 0 Å². The molecule has 0 radical (unpaired) electrons. The summed E-state index contributed by atoms with van der Waals surface area (Å²) in [5.74, 6) is -0.698. The van der Waals surface area contributed by atoms with Crippen LogP contribution >= 0.6 is 0 Å². The third-order valence-corrected chi connectivity index (χ3v) is 2.26. The molecule has 0 aliphatic heterocycles. The maximum atomic E-state index is 11.1. The minimum Gasteiger partial charge on any atom is -0.230 e. The number of rotatable bonds is 4. The molecular formula is C8H13NO4S. The molecule has 0 unspecified atom stereocenters. The molecule has 0 saturated carbocycles. The molecule has 0 fully saturated rings. The van der Waals surface area contributed by atoms with Crippen LogP contribution in [0.5, 0.6) is 0 Å². The first-order chi connectivity index (χ1) is 6.19. The molecule has 0 bridgehead atoms. The Hall–Kier alpha value is -0.900. The van der Waals surface area contributed by atoms with E-state index in [1.54, 1.807) is 20.8 Å². The topological polar surface area (TPSA) is 76.4 Å². The molecule has 0 amide bonds. The van der Waals surface area contributed by atoms with Crippen molar-refractivity contribution < 1.29 is 18.2 Å². The first kappa shape index (κ1) is 13.1. The van der Waals surface area contributed by atoms with Gasteiger partial charge in [0.2, 0.25) is 9.84 Å². The number of nitrogens with zero attached hydrogens (tertiary/aromatic N) is 1. The van der Waals surface area contributed by atoms with Gasteiger partial charge < -0.3 is 0 Å². The van der Waals surface area contributed by atoms with Crippen LogP contribution in [0, 0.1) is 11.3 Å². The summed E-state index contributed by atoms with van der Waals surface area (Å²) in [5.41, 5.74) is -0.594. The fourth-order valence-electron chi connectivity index (χ4n) is 0.405. The average Bonchev–Trinajstić information content (AvgIpc) is 2.00. The average molecular weight is 219 g/mol. The Labute approximate surface area is 83.8 Å². The van der Waals surface area contributed by atoms with Gasteiger partial charge in [0.1, 0.15) is 11.0 Å². The van der Waals surface area contributed by atoms with Gasteiger partial charge >= 0.3 is 0 Å². The number of hydrogen-bond donors (Lipinski definition) is 0. The smallest absolute Gasteiger partial charge is 0.215 e. The molecule has 0 aliphatic rings. The third-order valence-electron chi connectivity index (χ3n) is 1.01. The Bertz CT molecular complexity index is 345. The van der Waals surface area contributed by atoms with Gasteiger partial charge in [-0.1, -0.05) is 6.58 Å². The van der Waals surface area contributed by atoms with Crippen LogP contribution in [0.25, 0.3) is 0 Å². The highest BCUT2D eigenvalue weighted by Gasteiger charge is 2.19. The Morgan fingerprint density at radius 3 is 2.36 bits per heavy atom. The predicted molar refractivity (Wildman–Crippen MR) is 50.5 cm³/mol. The Morgan fingerprint density at radius 1 is 1.50 bits per heavy atom. The highest BCUT2D eigenvalue weighted by Crippen LogP contribution is 2.10. The van der Waals surface area contributed by atoms with Gasteiger partial charge in [-0.2, -0.15) is 5.26 Å². The molecule has 0 aromatic rings. The molecule has 0 atom stereocenters. The molecule has 0 heterocycles. The fraction of sp³-hybridized carbons (Fsp3) is 0.625. The lowest BCUT2D eigenvalue weighted by Crippen LogP contribution is -2.22. The molecular weight excluding hydrogens is 206 g/mol. The van der Waals surface area contributed by atoms with Crippen molar-refractivity contribution in [3.05, 3.63) is 11.5 Å². The summed E-state index contributed by atoms with van der Waals surface area (Å²) >= 11 is 0. The zero-order chi connectivity index (χ0) is 11.4. The summed E-state index contributed by atoms with van der Waals surface area (Å²) in [6, 6.07) is 1.43. The van der Waals surface area contributed by atoms with Crippen molar-refractivity contribution in [1.82, 2.24) is 0 Å². The van der Waals surface area contributed by atoms with Crippen LogP contribution in [0.3, 0.4) is 0 Å². The minimum absolute atomic E-state index is 0.532. The van der Waals surface area contributed by atoms with E-state index in [1.165, 1.54) is 6.07 Å². The fourth-order valence-corrected chi connectivity index (χ4v) is 0.861. The number of hydrogen-bond acceptors (Lipinski definition) is 5. The number of sulfone groups is 1. The van der Waals surface area contributed by atoms with Crippen molar-refractivity contribution in [2.24, 2.45) is 0 Å². The van der Waals surface area contributed by atoms with E-state index in [0.29, 0.717) is 0 Å². The van der Waals surface area contributed by atoms with Crippen LogP contribution in [0.4, 0.5) is 0 Å². The van der Waals surface area contributed by atoms with Crippen LogP contribution < -0.4 is 0 Å². The van der Waals surface area contributed by atoms with Gasteiger partial charge in [0.25, 0.3) is 0 Å². The zero-order valence-electron chi connectivity index (χ0n) is 8.40. The van der Waals surface area contributed by atoms with E-state index in [-0.39, 0.29) is 0 Å². The van der Waals surface area contributed by atoms with Crippen LogP contribution in [0.1, 0.15) is 20.8 Å². The number of allylic oxidation sites excluding steroid dienone is 1. The summed E-state index contributed by atoms with van der Waals surface area (Å²) in [6.45, 7) is 8.20. The van der Waals surface area contributed by atoms with Crippen molar-refractivity contribution in [3.63, 3.8) is 0 Å². The van der Waals surface area contributed by atoms with Crippen molar-refractivity contribution in [2.45, 2.75) is 26.4 Å². The van der Waals surface area contributed by atoms with Crippen LogP contribution in [0.15, 0.2) is 11.5 Å². The summed E-state index contributed by atoms with van der Waals surface area (Å²) in [6.07, 6.45) is 0. The van der Waals surface area contributed by atoms with Crippen molar-refractivity contribution in [3.8, 4) is 6.07 Å². The highest BCUT2D eigenvalue weighted by molar-refractivity contribution is 7.95. The van der Waals surface area contributed by atoms with E-state index >= 15 is 0 Å².